The Morgan fingerprint density at radius 3 is 2.12 bits per heavy atom. The molecule has 7 nitrogen and oxygen atoms in total. The van der Waals surface area contributed by atoms with Crippen molar-refractivity contribution in [2.75, 3.05) is 10.6 Å². The quantitative estimate of drug-likeness (QED) is 0.0856. The molecule has 0 aromatic heterocycles. The van der Waals surface area contributed by atoms with Gasteiger partial charge in [0.1, 0.15) is 18.1 Å². The zero-order valence-corrected chi connectivity index (χ0v) is 27.8. The van der Waals surface area contributed by atoms with E-state index in [0.717, 1.165) is 10.5 Å². The predicted molar refractivity (Wildman–Crippen MR) is 194 cm³/mol. The first-order chi connectivity index (χ1) is 23.4. The second-order valence-corrected chi connectivity index (χ2v) is 12.4. The summed E-state index contributed by atoms with van der Waals surface area (Å²) in [6, 6.07) is 40.1. The van der Waals surface area contributed by atoms with Crippen molar-refractivity contribution in [1.82, 2.24) is 5.32 Å². The van der Waals surface area contributed by atoms with Crippen LogP contribution in [0.3, 0.4) is 0 Å². The molecule has 0 aliphatic heterocycles. The molecular formula is C39H34ClN3O4S. The molecule has 5 rings (SSSR count). The maximum Gasteiger partial charge on any atom is 0.272 e. The van der Waals surface area contributed by atoms with Crippen LogP contribution in [-0.2, 0) is 16.2 Å². The van der Waals surface area contributed by atoms with E-state index in [1.165, 1.54) is 11.8 Å². The number of thioether (sulfide) groups is 1. The van der Waals surface area contributed by atoms with Crippen molar-refractivity contribution in [3.05, 3.63) is 161 Å². The van der Waals surface area contributed by atoms with Crippen LogP contribution < -0.4 is 20.7 Å². The number of carbonyl (C=O) groups is 3. The first-order valence-corrected chi connectivity index (χ1v) is 16.6. The van der Waals surface area contributed by atoms with Gasteiger partial charge in [0.05, 0.1) is 5.25 Å². The second kappa shape index (κ2) is 17.0. The molecule has 48 heavy (non-hydrogen) atoms. The van der Waals surface area contributed by atoms with E-state index in [-0.39, 0.29) is 16.9 Å². The van der Waals surface area contributed by atoms with E-state index in [2.05, 4.69) is 16.0 Å². The second-order valence-electron chi connectivity index (χ2n) is 10.7. The number of anilines is 2. The molecule has 0 spiro atoms. The molecule has 5 aromatic carbocycles. The highest BCUT2D eigenvalue weighted by Crippen LogP contribution is 2.29. The van der Waals surface area contributed by atoms with Crippen LogP contribution >= 0.6 is 23.4 Å². The average Bonchev–Trinajstić information content (AvgIpc) is 3.11. The van der Waals surface area contributed by atoms with Gasteiger partial charge < -0.3 is 20.7 Å². The minimum absolute atomic E-state index is 0.0622. The fourth-order valence-corrected chi connectivity index (χ4v) is 5.83. The van der Waals surface area contributed by atoms with Crippen LogP contribution in [0.1, 0.15) is 34.8 Å². The zero-order valence-electron chi connectivity index (χ0n) is 26.2. The van der Waals surface area contributed by atoms with Gasteiger partial charge in [-0.15, -0.1) is 11.8 Å². The molecule has 0 radical (unpaired) electrons. The lowest BCUT2D eigenvalue weighted by atomic mass is 10.1. The third-order valence-corrected chi connectivity index (χ3v) is 8.69. The summed E-state index contributed by atoms with van der Waals surface area (Å²) in [7, 11) is 0. The van der Waals surface area contributed by atoms with Crippen LogP contribution in [-0.4, -0.2) is 23.0 Å². The first kappa shape index (κ1) is 34.0. The molecule has 0 saturated heterocycles. The highest BCUT2D eigenvalue weighted by molar-refractivity contribution is 8.00. The Bertz CT molecular complexity index is 1880. The van der Waals surface area contributed by atoms with Crippen LogP contribution in [0.25, 0.3) is 6.08 Å². The van der Waals surface area contributed by atoms with Gasteiger partial charge in [0, 0.05) is 26.9 Å². The van der Waals surface area contributed by atoms with Crippen molar-refractivity contribution >= 4 is 58.5 Å². The van der Waals surface area contributed by atoms with Gasteiger partial charge in [-0.3, -0.25) is 14.4 Å². The fourth-order valence-electron chi connectivity index (χ4n) is 4.63. The number of rotatable bonds is 13. The monoisotopic (exact) mass is 675 g/mol. The normalized spacial score (nSPS) is 11.7. The number of nitrogens with one attached hydrogen (secondary N) is 3. The van der Waals surface area contributed by atoms with Crippen molar-refractivity contribution in [1.29, 1.82) is 0 Å². The van der Waals surface area contributed by atoms with Crippen molar-refractivity contribution in [2.45, 2.75) is 30.1 Å². The lowest BCUT2D eigenvalue weighted by Gasteiger charge is -2.16. The van der Waals surface area contributed by atoms with E-state index >= 15 is 0 Å². The Morgan fingerprint density at radius 1 is 0.771 bits per heavy atom. The van der Waals surface area contributed by atoms with Crippen molar-refractivity contribution < 1.29 is 19.1 Å². The molecule has 1 atom stereocenters. The predicted octanol–water partition coefficient (Wildman–Crippen LogP) is 8.84. The molecule has 3 N–H and O–H groups in total. The van der Waals surface area contributed by atoms with Gasteiger partial charge in [-0.1, -0.05) is 91.3 Å². The number of hydrogen-bond donors (Lipinski definition) is 3. The number of carbonyl (C=O) groups excluding carboxylic acids is 3. The summed E-state index contributed by atoms with van der Waals surface area (Å²) in [6.45, 7) is 2.37. The molecule has 0 aliphatic rings. The average molecular weight is 676 g/mol. The topological polar surface area (TPSA) is 96.5 Å². The number of hydrogen-bond acceptors (Lipinski definition) is 5. The van der Waals surface area contributed by atoms with E-state index in [1.54, 1.807) is 72.8 Å². The Morgan fingerprint density at radius 2 is 1.44 bits per heavy atom. The molecule has 242 valence electrons. The van der Waals surface area contributed by atoms with Crippen molar-refractivity contribution in [3.8, 4) is 5.75 Å². The lowest BCUT2D eigenvalue weighted by Crippen LogP contribution is -2.30. The Hall–Kier alpha value is -5.31. The minimum Gasteiger partial charge on any atom is -0.489 e. The van der Waals surface area contributed by atoms with Crippen LogP contribution in [0, 0.1) is 0 Å². The van der Waals surface area contributed by atoms with Gasteiger partial charge in [0.15, 0.2) is 0 Å². The summed E-state index contributed by atoms with van der Waals surface area (Å²) >= 11 is 7.46. The van der Waals surface area contributed by atoms with Crippen LogP contribution in [0.5, 0.6) is 5.75 Å². The number of amides is 3. The Balaban J connectivity index is 1.30. The van der Waals surface area contributed by atoms with Crippen LogP contribution in [0.2, 0.25) is 5.02 Å². The standard InChI is InChI=1S/C39H34ClN3O4S/c1-2-36(39(46)42-31-16-9-15-30(40)24-31)48-34-18-10-17-32(25-34)41-38(45)35(43-37(44)29-13-7-4-8-14-29)23-27-19-21-33(22-20-27)47-26-28-11-5-3-6-12-28/h3-25,36H,2,26H2,1H3,(H,41,45)(H,42,46)(H,43,44)/b35-23+. The molecular weight excluding hydrogens is 642 g/mol. The van der Waals surface area contributed by atoms with Crippen molar-refractivity contribution in [3.63, 3.8) is 0 Å². The van der Waals surface area contributed by atoms with E-state index < -0.39 is 11.8 Å². The fraction of sp³-hybridized carbons (Fsp3) is 0.103. The number of benzene rings is 5. The van der Waals surface area contributed by atoms with Gasteiger partial charge in [-0.05, 0) is 84.3 Å². The lowest BCUT2D eigenvalue weighted by molar-refractivity contribution is -0.116. The summed E-state index contributed by atoms with van der Waals surface area (Å²) in [5, 5.41) is 8.75. The highest BCUT2D eigenvalue weighted by Gasteiger charge is 2.19. The molecule has 0 saturated carbocycles. The summed E-state index contributed by atoms with van der Waals surface area (Å²) in [5.41, 5.74) is 3.37. The third-order valence-electron chi connectivity index (χ3n) is 7.09. The summed E-state index contributed by atoms with van der Waals surface area (Å²) in [4.78, 5) is 40.6. The van der Waals surface area contributed by atoms with E-state index in [9.17, 15) is 14.4 Å². The summed E-state index contributed by atoms with van der Waals surface area (Å²) in [5.74, 6) is -0.391. The van der Waals surface area contributed by atoms with E-state index in [4.69, 9.17) is 16.3 Å². The Labute approximate surface area is 289 Å². The van der Waals surface area contributed by atoms with E-state index in [1.807, 2.05) is 73.7 Å². The number of ether oxygens (including phenoxy) is 1. The molecule has 0 fully saturated rings. The van der Waals surface area contributed by atoms with Gasteiger partial charge >= 0.3 is 0 Å². The largest absolute Gasteiger partial charge is 0.489 e. The summed E-state index contributed by atoms with van der Waals surface area (Å²) < 4.78 is 5.89. The van der Waals surface area contributed by atoms with E-state index in [0.29, 0.717) is 46.3 Å². The van der Waals surface area contributed by atoms with Crippen LogP contribution in [0.4, 0.5) is 11.4 Å². The van der Waals surface area contributed by atoms with Crippen LogP contribution in [0.15, 0.2) is 144 Å². The smallest absolute Gasteiger partial charge is 0.272 e. The first-order valence-electron chi connectivity index (χ1n) is 15.4. The minimum atomic E-state index is -0.503. The molecule has 3 amide bonds. The molecule has 9 heteroatoms. The molecule has 0 bridgehead atoms. The molecule has 5 aromatic rings. The molecule has 1 unspecified atom stereocenters. The Kier molecular flexibility index (Phi) is 12.1. The van der Waals surface area contributed by atoms with Crippen molar-refractivity contribution in [2.24, 2.45) is 0 Å². The highest BCUT2D eigenvalue weighted by atomic mass is 35.5. The SMILES string of the molecule is CCC(Sc1cccc(NC(=O)/C(=C\c2ccc(OCc3ccccc3)cc2)NC(=O)c2ccccc2)c1)C(=O)Nc1cccc(Cl)c1. The van der Waals surface area contributed by atoms with Gasteiger partial charge in [0.2, 0.25) is 5.91 Å². The van der Waals surface area contributed by atoms with Gasteiger partial charge in [-0.2, -0.15) is 0 Å². The molecule has 0 heterocycles. The zero-order chi connectivity index (χ0) is 33.7. The maximum atomic E-state index is 13.6. The maximum absolute atomic E-state index is 13.6. The molecule has 0 aliphatic carbocycles. The van der Waals surface area contributed by atoms with Gasteiger partial charge in [0.25, 0.3) is 11.8 Å². The third kappa shape index (κ3) is 10.1. The van der Waals surface area contributed by atoms with Gasteiger partial charge in [-0.25, -0.2) is 0 Å². The number of halogens is 1. The summed E-state index contributed by atoms with van der Waals surface area (Å²) in [6.07, 6.45) is 2.20.